The van der Waals surface area contributed by atoms with Crippen LogP contribution in [0, 0.1) is 20.8 Å². The van der Waals surface area contributed by atoms with E-state index in [0.717, 1.165) is 80.9 Å². The molecule has 0 bridgehead atoms. The van der Waals surface area contributed by atoms with E-state index in [4.69, 9.17) is 0 Å². The molecule has 5 rings (SSSR count). The quantitative estimate of drug-likeness (QED) is 0.117. The van der Waals surface area contributed by atoms with Crippen LogP contribution in [-0.2, 0) is 37.9 Å². The molecule has 53 heavy (non-hydrogen) atoms. The third-order valence-corrected chi connectivity index (χ3v) is 15.7. The van der Waals surface area contributed by atoms with Crippen molar-refractivity contribution in [1.82, 2.24) is 9.80 Å². The molecule has 13 heteroatoms. The summed E-state index contributed by atoms with van der Waals surface area (Å²) >= 11 is 0. The summed E-state index contributed by atoms with van der Waals surface area (Å²) in [4.78, 5) is 19.5. The minimum absolute atomic E-state index is 0.0847. The zero-order valence-corrected chi connectivity index (χ0v) is 33.8. The van der Waals surface area contributed by atoms with Crippen LogP contribution in [0.1, 0.15) is 102 Å². The molecule has 0 radical (unpaired) electrons. The van der Waals surface area contributed by atoms with Crippen LogP contribution < -0.4 is 10.6 Å². The Morgan fingerprint density at radius 2 is 0.981 bits per heavy atom. The zero-order valence-electron chi connectivity index (χ0n) is 31.2. The molecule has 2 saturated carbocycles. The predicted molar refractivity (Wildman–Crippen MR) is 212 cm³/mol. The Balaban J connectivity index is 1.71. The Kier molecular flexibility index (Phi) is 14.0. The van der Waals surface area contributed by atoms with E-state index in [1.54, 1.807) is 48.5 Å². The maximum atomic E-state index is 15.5. The summed E-state index contributed by atoms with van der Waals surface area (Å²) in [5.41, 5.74) is 3.80. The number of carbonyl (C=O) groups excluding carboxylic acids is 1. The van der Waals surface area contributed by atoms with Gasteiger partial charge in [-0.3, -0.25) is 23.7 Å². The minimum atomic E-state index is -4.24. The monoisotopic (exact) mass is 786 g/mol. The lowest BCUT2D eigenvalue weighted by Crippen LogP contribution is -2.41. The van der Waals surface area contributed by atoms with Crippen molar-refractivity contribution < 1.29 is 35.3 Å². The van der Waals surface area contributed by atoms with E-state index in [2.05, 4.69) is 9.80 Å². The summed E-state index contributed by atoms with van der Waals surface area (Å²) in [5.74, 6) is -0.844. The number of benzene rings is 3. The maximum Gasteiger partial charge on any atom is 0.266 e. The lowest BCUT2D eigenvalue weighted by Gasteiger charge is -2.37. The summed E-state index contributed by atoms with van der Waals surface area (Å²) in [5, 5.41) is 0.847. The second kappa shape index (κ2) is 17.8. The summed E-state index contributed by atoms with van der Waals surface area (Å²) < 4.78 is 83.2. The van der Waals surface area contributed by atoms with Crippen molar-refractivity contribution in [2.45, 2.75) is 110 Å². The van der Waals surface area contributed by atoms with Crippen molar-refractivity contribution in [3.05, 3.63) is 94.0 Å². The van der Waals surface area contributed by atoms with Crippen molar-refractivity contribution in [3.8, 4) is 0 Å². The highest BCUT2D eigenvalue weighted by atomic mass is 32.2. The molecule has 0 amide bonds. The molecule has 0 saturated heterocycles. The lowest BCUT2D eigenvalue weighted by atomic mass is 9.86. The zero-order chi connectivity index (χ0) is 38.4. The van der Waals surface area contributed by atoms with Gasteiger partial charge in [0.2, 0.25) is 12.7 Å². The van der Waals surface area contributed by atoms with Gasteiger partial charge < -0.3 is 4.57 Å². The van der Waals surface area contributed by atoms with Gasteiger partial charge >= 0.3 is 0 Å². The fourth-order valence-electron chi connectivity index (χ4n) is 8.48. The molecule has 290 valence electrons. The van der Waals surface area contributed by atoms with Crippen LogP contribution in [0.15, 0.2) is 60.7 Å². The Morgan fingerprint density at radius 1 is 0.623 bits per heavy atom. The fourth-order valence-corrected chi connectivity index (χ4v) is 12.0. The van der Waals surface area contributed by atoms with Crippen LogP contribution >= 0.6 is 7.14 Å². The number of rotatable bonds is 16. The van der Waals surface area contributed by atoms with Crippen LogP contribution in [0.4, 0.5) is 0 Å². The minimum Gasteiger partial charge on any atom is -0.305 e. The molecule has 0 atom stereocenters. The molecule has 3 aromatic carbocycles. The molecule has 0 aliphatic heterocycles. The first-order valence-corrected chi connectivity index (χ1v) is 23.8. The number of carbonyl (C=O) groups is 1. The molecule has 10 nitrogen and oxygen atoms in total. The largest absolute Gasteiger partial charge is 0.305 e. The first-order chi connectivity index (χ1) is 25.1. The van der Waals surface area contributed by atoms with Gasteiger partial charge in [0, 0.05) is 54.4 Å². The van der Waals surface area contributed by atoms with E-state index >= 15 is 9.36 Å². The molecule has 0 unspecified atom stereocenters. The van der Waals surface area contributed by atoms with Crippen molar-refractivity contribution in [1.29, 1.82) is 0 Å². The summed E-state index contributed by atoms with van der Waals surface area (Å²) in [6.45, 7) is 6.63. The van der Waals surface area contributed by atoms with Crippen LogP contribution in [0.25, 0.3) is 0 Å². The van der Waals surface area contributed by atoms with Gasteiger partial charge in [-0.25, -0.2) is 0 Å². The Bertz CT molecular complexity index is 1860. The van der Waals surface area contributed by atoms with Crippen LogP contribution in [0.5, 0.6) is 0 Å². The SMILES string of the molecule is Cc1c(CN(CCS(=O)(=O)O)C2CCCCC2)c(C)c(C(=O)P(=O)(c2ccccc2)c2ccccc2)c(C)c1CN(CCS(=O)(=O)O)C1CCCCC1. The van der Waals surface area contributed by atoms with Crippen molar-refractivity contribution in [2.75, 3.05) is 24.6 Å². The highest BCUT2D eigenvalue weighted by Gasteiger charge is 2.40. The number of hydrogen-bond acceptors (Lipinski definition) is 8. The van der Waals surface area contributed by atoms with Gasteiger partial charge in [-0.15, -0.1) is 0 Å². The fraction of sp³-hybridized carbons (Fsp3) is 0.525. The predicted octanol–water partition coefficient (Wildman–Crippen LogP) is 6.81. The highest BCUT2D eigenvalue weighted by molar-refractivity contribution is 7.93. The van der Waals surface area contributed by atoms with Gasteiger partial charge in [-0.1, -0.05) is 99.2 Å². The molecule has 2 fully saturated rings. The van der Waals surface area contributed by atoms with Crippen molar-refractivity contribution >= 4 is 43.5 Å². The van der Waals surface area contributed by atoms with Gasteiger partial charge in [0.1, 0.15) is 0 Å². The summed E-state index contributed by atoms with van der Waals surface area (Å²) in [6.07, 6.45) is 9.78. The van der Waals surface area contributed by atoms with Crippen LogP contribution in [0.2, 0.25) is 0 Å². The summed E-state index contributed by atoms with van der Waals surface area (Å²) in [7, 11) is -12.4. The van der Waals surface area contributed by atoms with E-state index in [1.807, 2.05) is 32.9 Å². The van der Waals surface area contributed by atoms with Gasteiger partial charge in [0.05, 0.1) is 11.5 Å². The number of hydrogen-bond donors (Lipinski definition) is 2. The highest BCUT2D eigenvalue weighted by Crippen LogP contribution is 2.49. The van der Waals surface area contributed by atoms with Crippen LogP contribution in [-0.4, -0.2) is 77.9 Å². The Hall–Kier alpha value is -2.70. The smallest absolute Gasteiger partial charge is 0.266 e. The molecule has 2 aliphatic rings. The van der Waals surface area contributed by atoms with Gasteiger partial charge in [0.25, 0.3) is 20.2 Å². The van der Waals surface area contributed by atoms with Crippen molar-refractivity contribution in [3.63, 3.8) is 0 Å². The van der Waals surface area contributed by atoms with E-state index in [1.165, 1.54) is 0 Å². The molecule has 2 N–H and O–H groups in total. The van der Waals surface area contributed by atoms with E-state index in [0.29, 0.717) is 40.4 Å². The first kappa shape index (κ1) is 41.5. The van der Waals surface area contributed by atoms with Gasteiger partial charge in [-0.05, 0) is 74.3 Å². The lowest BCUT2D eigenvalue weighted by molar-refractivity contribution is 0.107. The molecule has 0 aromatic heterocycles. The molecule has 2 aliphatic carbocycles. The second-order valence-electron chi connectivity index (χ2n) is 14.9. The molecular formula is C40H55N2O8PS2. The topological polar surface area (TPSA) is 149 Å². The van der Waals surface area contributed by atoms with E-state index in [-0.39, 0.29) is 25.2 Å². The molecule has 0 spiro atoms. The molecular weight excluding hydrogens is 732 g/mol. The molecule has 3 aromatic rings. The average molecular weight is 787 g/mol. The molecule has 0 heterocycles. The van der Waals surface area contributed by atoms with Gasteiger partial charge in [-0.2, -0.15) is 16.8 Å². The first-order valence-electron chi connectivity index (χ1n) is 18.9. The maximum absolute atomic E-state index is 15.5. The van der Waals surface area contributed by atoms with E-state index in [9.17, 15) is 25.9 Å². The second-order valence-corrected chi connectivity index (χ2v) is 20.7. The van der Waals surface area contributed by atoms with Crippen molar-refractivity contribution in [2.24, 2.45) is 0 Å². The Labute approximate surface area is 316 Å². The normalized spacial score (nSPS) is 16.7. The average Bonchev–Trinajstić information content (AvgIpc) is 3.14. The standard InChI is InChI=1S/C40H55N2O8PS2/c1-30-37(28-41(24-26-52(45,46)47)33-16-8-4-9-17-33)31(2)39(40(43)51(44,35-20-12-6-13-21-35)36-22-14-7-15-23-36)32(3)38(30)29-42(25-27-53(48,49)50)34-18-10-5-11-19-34/h6-7,12-15,20-23,33-34H,4-5,8-11,16-19,24-29H2,1-3H3,(H,45,46,47)(H,48,49,50). The third-order valence-electron chi connectivity index (χ3n) is 11.5. The Morgan fingerprint density at radius 3 is 1.32 bits per heavy atom. The van der Waals surface area contributed by atoms with E-state index < -0.39 is 44.4 Å². The van der Waals surface area contributed by atoms with Crippen LogP contribution in [0.3, 0.4) is 0 Å². The van der Waals surface area contributed by atoms with Gasteiger partial charge in [0.15, 0.2) is 0 Å². The number of nitrogens with zero attached hydrogens (tertiary/aromatic N) is 2. The third kappa shape index (κ3) is 10.3. The summed E-state index contributed by atoms with van der Waals surface area (Å²) in [6, 6.07) is 17.8.